The summed E-state index contributed by atoms with van der Waals surface area (Å²) in [5, 5.41) is 0. The van der Waals surface area contributed by atoms with Crippen LogP contribution in [0.3, 0.4) is 0 Å². The molecule has 16 heavy (non-hydrogen) atoms. The van der Waals surface area contributed by atoms with Crippen LogP contribution in [0.4, 0.5) is 5.88 Å². The first-order valence-electron chi connectivity index (χ1n) is 5.84. The van der Waals surface area contributed by atoms with Crippen LogP contribution < -0.4 is 4.90 Å². The molecule has 1 aromatic rings. The quantitative estimate of drug-likeness (QED) is 0.719. The number of ketones is 1. The maximum atomic E-state index is 11.1. The van der Waals surface area contributed by atoms with Crippen LogP contribution in [-0.2, 0) is 0 Å². The van der Waals surface area contributed by atoms with E-state index >= 15 is 0 Å². The van der Waals surface area contributed by atoms with E-state index in [1.165, 1.54) is 19.8 Å². The van der Waals surface area contributed by atoms with Crippen LogP contribution in [0.25, 0.3) is 0 Å². The number of carbonyl (C=O) groups excluding carboxylic acids is 1. The number of anilines is 1. The van der Waals surface area contributed by atoms with Crippen molar-refractivity contribution in [2.24, 2.45) is 5.41 Å². The Morgan fingerprint density at radius 2 is 1.94 bits per heavy atom. The molecule has 3 heteroatoms. The highest BCUT2D eigenvalue weighted by Gasteiger charge is 2.26. The second-order valence-corrected chi connectivity index (χ2v) is 5.35. The minimum atomic E-state index is -0.0106. The van der Waals surface area contributed by atoms with Crippen molar-refractivity contribution in [1.82, 2.24) is 0 Å². The molecule has 0 bridgehead atoms. The van der Waals surface area contributed by atoms with Gasteiger partial charge in [0.2, 0.25) is 0 Å². The molecule has 2 heterocycles. The van der Waals surface area contributed by atoms with Crippen molar-refractivity contribution in [2.45, 2.75) is 33.6 Å². The highest BCUT2D eigenvalue weighted by atomic mass is 16.4. The van der Waals surface area contributed by atoms with Gasteiger partial charge in [0, 0.05) is 26.1 Å². The van der Waals surface area contributed by atoms with Gasteiger partial charge in [0.25, 0.3) is 0 Å². The Balaban J connectivity index is 2.05. The summed E-state index contributed by atoms with van der Waals surface area (Å²) in [6.07, 6.45) is 2.34. The minimum Gasteiger partial charge on any atom is -0.437 e. The van der Waals surface area contributed by atoms with E-state index in [9.17, 15) is 4.79 Å². The topological polar surface area (TPSA) is 33.5 Å². The van der Waals surface area contributed by atoms with Crippen molar-refractivity contribution in [2.75, 3.05) is 18.0 Å². The van der Waals surface area contributed by atoms with Crippen molar-refractivity contribution >= 4 is 11.7 Å². The lowest BCUT2D eigenvalue weighted by Gasteiger charge is -2.36. The molecule has 1 aliphatic rings. The number of rotatable bonds is 2. The summed E-state index contributed by atoms with van der Waals surface area (Å²) in [5.74, 6) is 1.28. The fourth-order valence-corrected chi connectivity index (χ4v) is 2.02. The predicted molar refractivity (Wildman–Crippen MR) is 63.9 cm³/mol. The normalized spacial score (nSPS) is 19.8. The van der Waals surface area contributed by atoms with Gasteiger partial charge in [-0.1, -0.05) is 13.8 Å². The Morgan fingerprint density at radius 1 is 1.31 bits per heavy atom. The van der Waals surface area contributed by atoms with Gasteiger partial charge in [-0.05, 0) is 24.3 Å². The summed E-state index contributed by atoms with van der Waals surface area (Å²) in [6.45, 7) is 8.15. The van der Waals surface area contributed by atoms with E-state index in [2.05, 4.69) is 18.7 Å². The number of Topliss-reactive ketones (excluding diaryl/α,β-unsaturated/α-hetero) is 1. The maximum Gasteiger partial charge on any atom is 0.196 e. The summed E-state index contributed by atoms with van der Waals surface area (Å²) >= 11 is 0. The SMILES string of the molecule is CC(=O)c1ccc(N2CCC(C)(C)CC2)o1. The van der Waals surface area contributed by atoms with Crippen molar-refractivity contribution in [3.05, 3.63) is 17.9 Å². The molecule has 0 N–H and O–H groups in total. The second kappa shape index (κ2) is 3.96. The van der Waals surface area contributed by atoms with Gasteiger partial charge in [-0.25, -0.2) is 0 Å². The summed E-state index contributed by atoms with van der Waals surface area (Å²) in [5.41, 5.74) is 0.437. The molecule has 3 nitrogen and oxygen atoms in total. The van der Waals surface area contributed by atoms with Crippen LogP contribution in [-0.4, -0.2) is 18.9 Å². The van der Waals surface area contributed by atoms with Gasteiger partial charge in [-0.15, -0.1) is 0 Å². The summed E-state index contributed by atoms with van der Waals surface area (Å²) in [6, 6.07) is 3.66. The van der Waals surface area contributed by atoms with Gasteiger partial charge in [-0.2, -0.15) is 0 Å². The third kappa shape index (κ3) is 2.29. The smallest absolute Gasteiger partial charge is 0.196 e. The highest BCUT2D eigenvalue weighted by Crippen LogP contribution is 2.32. The van der Waals surface area contributed by atoms with Gasteiger partial charge < -0.3 is 9.32 Å². The van der Waals surface area contributed by atoms with Crippen molar-refractivity contribution in [1.29, 1.82) is 0 Å². The summed E-state index contributed by atoms with van der Waals surface area (Å²) < 4.78 is 5.53. The first-order valence-corrected chi connectivity index (χ1v) is 5.84. The number of piperidine rings is 1. The van der Waals surface area contributed by atoms with Gasteiger partial charge >= 0.3 is 0 Å². The highest BCUT2D eigenvalue weighted by molar-refractivity contribution is 5.91. The molecule has 0 saturated carbocycles. The molecule has 1 fully saturated rings. The Bertz CT molecular complexity index is 382. The molecule has 0 aliphatic carbocycles. The van der Waals surface area contributed by atoms with Crippen LogP contribution in [0, 0.1) is 5.41 Å². The predicted octanol–water partition coefficient (Wildman–Crippen LogP) is 3.11. The average molecular weight is 221 g/mol. The molecule has 1 aliphatic heterocycles. The minimum absolute atomic E-state index is 0.0106. The fraction of sp³-hybridized carbons (Fsp3) is 0.615. The lowest BCUT2D eigenvalue weighted by molar-refractivity contribution is 0.0987. The van der Waals surface area contributed by atoms with E-state index in [-0.39, 0.29) is 5.78 Å². The van der Waals surface area contributed by atoms with E-state index in [1.807, 2.05) is 6.07 Å². The Morgan fingerprint density at radius 3 is 2.44 bits per heavy atom. The standard InChI is InChI=1S/C13H19NO2/c1-10(15)11-4-5-12(16-11)14-8-6-13(2,3)7-9-14/h4-5H,6-9H2,1-3H3. The second-order valence-electron chi connectivity index (χ2n) is 5.35. The monoisotopic (exact) mass is 221 g/mol. The lowest BCUT2D eigenvalue weighted by atomic mass is 9.83. The van der Waals surface area contributed by atoms with Crippen LogP contribution >= 0.6 is 0 Å². The molecule has 0 atom stereocenters. The van der Waals surface area contributed by atoms with E-state index in [1.54, 1.807) is 6.07 Å². The average Bonchev–Trinajstić information content (AvgIpc) is 2.66. The third-order valence-corrected chi connectivity index (χ3v) is 3.37. The first kappa shape index (κ1) is 11.2. The zero-order valence-electron chi connectivity index (χ0n) is 10.2. The number of nitrogens with zero attached hydrogens (tertiary/aromatic N) is 1. The van der Waals surface area contributed by atoms with E-state index in [0.717, 1.165) is 19.0 Å². The first-order chi connectivity index (χ1) is 7.48. The maximum absolute atomic E-state index is 11.1. The largest absolute Gasteiger partial charge is 0.437 e. The van der Waals surface area contributed by atoms with Crippen molar-refractivity contribution in [3.8, 4) is 0 Å². The van der Waals surface area contributed by atoms with Gasteiger partial charge in [-0.3, -0.25) is 4.79 Å². The van der Waals surface area contributed by atoms with Gasteiger partial charge in [0.1, 0.15) is 0 Å². The molecule has 0 radical (unpaired) electrons. The molecule has 0 amide bonds. The third-order valence-electron chi connectivity index (χ3n) is 3.37. The van der Waals surface area contributed by atoms with Gasteiger partial charge in [0.15, 0.2) is 17.4 Å². The Hall–Kier alpha value is -1.25. The van der Waals surface area contributed by atoms with Gasteiger partial charge in [0.05, 0.1) is 0 Å². The number of hydrogen-bond acceptors (Lipinski definition) is 3. The Kier molecular flexibility index (Phi) is 2.78. The van der Waals surface area contributed by atoms with Crippen LogP contribution in [0.5, 0.6) is 0 Å². The van der Waals surface area contributed by atoms with Crippen LogP contribution in [0.1, 0.15) is 44.2 Å². The van der Waals surface area contributed by atoms with E-state index in [0.29, 0.717) is 11.2 Å². The van der Waals surface area contributed by atoms with Crippen LogP contribution in [0.2, 0.25) is 0 Å². The lowest BCUT2D eigenvalue weighted by Crippen LogP contribution is -2.37. The summed E-state index contributed by atoms with van der Waals surface area (Å²) in [4.78, 5) is 13.4. The van der Waals surface area contributed by atoms with E-state index in [4.69, 9.17) is 4.42 Å². The molecular weight excluding hydrogens is 202 g/mol. The number of carbonyl (C=O) groups is 1. The molecule has 88 valence electrons. The summed E-state index contributed by atoms with van der Waals surface area (Å²) in [7, 11) is 0. The zero-order chi connectivity index (χ0) is 11.8. The number of furan rings is 1. The molecule has 0 unspecified atom stereocenters. The molecular formula is C13H19NO2. The Labute approximate surface area is 96.4 Å². The number of hydrogen-bond donors (Lipinski definition) is 0. The van der Waals surface area contributed by atoms with Crippen LogP contribution in [0.15, 0.2) is 16.5 Å². The molecule has 0 aromatic carbocycles. The molecule has 2 rings (SSSR count). The molecule has 1 saturated heterocycles. The fourth-order valence-electron chi connectivity index (χ4n) is 2.02. The zero-order valence-corrected chi connectivity index (χ0v) is 10.2. The molecule has 1 aromatic heterocycles. The molecule has 0 spiro atoms. The van der Waals surface area contributed by atoms with Crippen molar-refractivity contribution < 1.29 is 9.21 Å². The van der Waals surface area contributed by atoms with Crippen molar-refractivity contribution in [3.63, 3.8) is 0 Å². The van der Waals surface area contributed by atoms with E-state index < -0.39 is 0 Å².